The molecule has 2 heterocycles. The number of fused-ring (bicyclic) bond motifs is 1. The summed E-state index contributed by atoms with van der Waals surface area (Å²) >= 11 is 0. The molecule has 4 rings (SSSR count). The van der Waals surface area contributed by atoms with E-state index in [1.54, 1.807) is 41.3 Å². The summed E-state index contributed by atoms with van der Waals surface area (Å²) in [6.07, 6.45) is 1.39. The van der Waals surface area contributed by atoms with Crippen molar-refractivity contribution in [3.63, 3.8) is 0 Å². The first-order valence-corrected chi connectivity index (χ1v) is 10.3. The number of rotatable bonds is 1. The van der Waals surface area contributed by atoms with E-state index in [0.29, 0.717) is 25.1 Å². The lowest BCUT2D eigenvalue weighted by molar-refractivity contribution is 0.0658. The van der Waals surface area contributed by atoms with E-state index in [1.807, 2.05) is 0 Å². The van der Waals surface area contributed by atoms with Crippen molar-refractivity contribution < 1.29 is 17.9 Å². The molecule has 2 aromatic carbocycles. The minimum atomic E-state index is -3.63. The van der Waals surface area contributed by atoms with Gasteiger partial charge in [0.2, 0.25) is 0 Å². The number of carbonyl (C=O) groups is 1. The standard InChI is InChI=1S/C19H20FN3O3S/c20-15-7-2-1-6-14(15)18(24)23-11-5-10-19(13-23)12-21-27(25,26)17-9-4-3-8-16(17)22-19/h1-4,6-9H,5,10-13H2,(H2-,21,22,25,26). The lowest BCUT2D eigenvalue weighted by Gasteiger charge is -2.42. The second-order valence-corrected chi connectivity index (χ2v) is 8.77. The maximum absolute atomic E-state index is 14.0. The fraction of sp³-hybridized carbons (Fsp3) is 0.316. The van der Waals surface area contributed by atoms with Crippen LogP contribution in [0.4, 0.5) is 10.1 Å². The number of amides is 1. The number of nitrogens with zero attached hydrogens (tertiary/aromatic N) is 1. The van der Waals surface area contributed by atoms with Crippen molar-refractivity contribution in [2.24, 2.45) is 0 Å². The van der Waals surface area contributed by atoms with Gasteiger partial charge in [0.15, 0.2) is 15.3 Å². The summed E-state index contributed by atoms with van der Waals surface area (Å²) in [4.78, 5) is 14.6. The van der Waals surface area contributed by atoms with Crippen LogP contribution in [0.1, 0.15) is 23.2 Å². The number of nitrogens with one attached hydrogen (secondary N) is 2. The van der Waals surface area contributed by atoms with Gasteiger partial charge in [0.1, 0.15) is 5.82 Å². The summed E-state index contributed by atoms with van der Waals surface area (Å²) in [6.45, 7) is 0.951. The second-order valence-electron chi connectivity index (χ2n) is 7.04. The first kappa shape index (κ1) is 18.1. The molecule has 142 valence electrons. The van der Waals surface area contributed by atoms with E-state index in [0.717, 1.165) is 0 Å². The van der Waals surface area contributed by atoms with Gasteiger partial charge in [-0.1, -0.05) is 28.5 Å². The van der Waals surface area contributed by atoms with Crippen LogP contribution in [-0.2, 0) is 14.6 Å². The molecule has 0 saturated carbocycles. The summed E-state index contributed by atoms with van der Waals surface area (Å²) in [6, 6.07) is 12.6. The molecule has 27 heavy (non-hydrogen) atoms. The molecular formula is C19H20FN3O3S. The van der Waals surface area contributed by atoms with Crippen molar-refractivity contribution in [1.29, 1.82) is 0 Å². The number of benzene rings is 2. The molecule has 2 atom stereocenters. The molecular weight excluding hydrogens is 369 g/mol. The van der Waals surface area contributed by atoms with Crippen LogP contribution in [0.25, 0.3) is 0 Å². The van der Waals surface area contributed by atoms with Gasteiger partial charge in [0.25, 0.3) is 5.91 Å². The van der Waals surface area contributed by atoms with Gasteiger partial charge in [0.05, 0.1) is 23.3 Å². The van der Waals surface area contributed by atoms with Crippen LogP contribution in [0.15, 0.2) is 53.4 Å². The number of hydrogen-bond donors (Lipinski definition) is 2. The molecule has 1 saturated heterocycles. The third-order valence-corrected chi connectivity index (χ3v) is 6.60. The quantitative estimate of drug-likeness (QED) is 0.734. The number of halogens is 1. The fourth-order valence-corrected chi connectivity index (χ4v) is 5.09. The molecule has 8 heteroatoms. The Bertz CT molecular complexity index is 938. The van der Waals surface area contributed by atoms with Gasteiger partial charge in [-0.15, -0.1) is 4.72 Å². The largest absolute Gasteiger partial charge is 0.593 e. The van der Waals surface area contributed by atoms with Crippen LogP contribution >= 0.6 is 0 Å². The molecule has 6 nitrogen and oxygen atoms in total. The second kappa shape index (κ2) is 6.70. The van der Waals surface area contributed by atoms with Crippen molar-refractivity contribution in [2.45, 2.75) is 23.3 Å². The minimum Gasteiger partial charge on any atom is -0.593 e. The SMILES string of the molecule is O=C(c1ccccc1F)N1CCCC2(CN[S+](=O)([O-])c3ccccc3N2)C1. The van der Waals surface area contributed by atoms with Gasteiger partial charge >= 0.3 is 0 Å². The van der Waals surface area contributed by atoms with Gasteiger partial charge in [-0.2, -0.15) is 0 Å². The van der Waals surface area contributed by atoms with Gasteiger partial charge < -0.3 is 14.8 Å². The Kier molecular flexibility index (Phi) is 4.49. The van der Waals surface area contributed by atoms with E-state index in [-0.39, 0.29) is 29.5 Å². The number of para-hydroxylation sites is 1. The Balaban J connectivity index is 1.64. The third-order valence-electron chi connectivity index (χ3n) is 5.15. The molecule has 2 aromatic rings. The highest BCUT2D eigenvalue weighted by molar-refractivity contribution is 7.96. The topological polar surface area (TPSA) is 84.5 Å². The Morgan fingerprint density at radius 3 is 2.74 bits per heavy atom. The summed E-state index contributed by atoms with van der Waals surface area (Å²) in [5, 5.41) is 3.35. The Hall–Kier alpha value is -2.29. The highest BCUT2D eigenvalue weighted by atomic mass is 32.3. The minimum absolute atomic E-state index is 0.0316. The Labute approximate surface area is 158 Å². The molecule has 1 amide bonds. The van der Waals surface area contributed by atoms with E-state index in [4.69, 9.17) is 0 Å². The first-order chi connectivity index (χ1) is 12.9. The number of hydrogen-bond acceptors (Lipinski definition) is 4. The number of likely N-dealkylation sites (tertiary alicyclic amines) is 1. The predicted molar refractivity (Wildman–Crippen MR) is 99.4 cm³/mol. The van der Waals surface area contributed by atoms with Gasteiger partial charge in [-0.3, -0.25) is 4.79 Å². The average Bonchev–Trinajstić information content (AvgIpc) is 2.77. The lowest BCUT2D eigenvalue weighted by Crippen LogP contribution is -2.59. The summed E-state index contributed by atoms with van der Waals surface area (Å²) in [5.74, 6) is -0.934. The lowest BCUT2D eigenvalue weighted by atomic mass is 9.88. The van der Waals surface area contributed by atoms with Gasteiger partial charge in [-0.25, -0.2) is 4.39 Å². The molecule has 0 bridgehead atoms. The molecule has 2 aliphatic rings. The van der Waals surface area contributed by atoms with Crippen molar-refractivity contribution in [2.75, 3.05) is 25.0 Å². The monoisotopic (exact) mass is 389 g/mol. The van der Waals surface area contributed by atoms with Crippen LogP contribution in [0.5, 0.6) is 0 Å². The molecule has 2 unspecified atom stereocenters. The molecule has 2 aliphatic heterocycles. The maximum Gasteiger partial charge on any atom is 0.256 e. The zero-order valence-electron chi connectivity index (χ0n) is 14.6. The average molecular weight is 389 g/mol. The van der Waals surface area contributed by atoms with Crippen LogP contribution in [-0.4, -0.2) is 40.5 Å². The van der Waals surface area contributed by atoms with Crippen molar-refractivity contribution in [1.82, 2.24) is 9.62 Å². The Morgan fingerprint density at radius 1 is 1.19 bits per heavy atom. The van der Waals surface area contributed by atoms with Crippen molar-refractivity contribution in [3.8, 4) is 0 Å². The van der Waals surface area contributed by atoms with Gasteiger partial charge in [0, 0.05) is 13.1 Å². The number of anilines is 1. The number of sulfonamides is 1. The fourth-order valence-electron chi connectivity index (χ4n) is 3.80. The van der Waals surface area contributed by atoms with Crippen LogP contribution < -0.4 is 10.0 Å². The number of piperidine rings is 1. The van der Waals surface area contributed by atoms with Crippen molar-refractivity contribution in [3.05, 3.63) is 59.9 Å². The number of carbonyl (C=O) groups excluding carboxylic acids is 1. The van der Waals surface area contributed by atoms with Crippen LogP contribution in [0.3, 0.4) is 0 Å². The maximum atomic E-state index is 14.0. The highest BCUT2D eigenvalue weighted by Gasteiger charge is 2.43. The Morgan fingerprint density at radius 2 is 1.93 bits per heavy atom. The predicted octanol–water partition coefficient (Wildman–Crippen LogP) is 2.42. The molecule has 1 spiro atoms. The van der Waals surface area contributed by atoms with E-state index in [1.165, 1.54) is 12.1 Å². The van der Waals surface area contributed by atoms with E-state index in [2.05, 4.69) is 10.0 Å². The zero-order valence-corrected chi connectivity index (χ0v) is 15.4. The summed E-state index contributed by atoms with van der Waals surface area (Å²) in [5.41, 5.74) is -0.0920. The van der Waals surface area contributed by atoms with Crippen molar-refractivity contribution >= 4 is 22.0 Å². The third kappa shape index (κ3) is 3.36. The molecule has 0 radical (unpaired) electrons. The van der Waals surface area contributed by atoms with E-state index >= 15 is 0 Å². The molecule has 1 fully saturated rings. The molecule has 2 N–H and O–H groups in total. The normalized spacial score (nSPS) is 27.6. The van der Waals surface area contributed by atoms with E-state index in [9.17, 15) is 17.9 Å². The van der Waals surface area contributed by atoms with Gasteiger partial charge in [-0.05, 0) is 37.1 Å². The first-order valence-electron chi connectivity index (χ1n) is 8.81. The highest BCUT2D eigenvalue weighted by Crippen LogP contribution is 2.34. The summed E-state index contributed by atoms with van der Waals surface area (Å²) in [7, 11) is -3.63. The summed E-state index contributed by atoms with van der Waals surface area (Å²) < 4.78 is 41.7. The van der Waals surface area contributed by atoms with Crippen LogP contribution in [0.2, 0.25) is 0 Å². The smallest absolute Gasteiger partial charge is 0.256 e. The van der Waals surface area contributed by atoms with E-state index < -0.39 is 21.8 Å². The molecule has 0 aliphatic carbocycles. The van der Waals surface area contributed by atoms with Crippen LogP contribution in [0, 0.1) is 5.82 Å². The molecule has 0 aromatic heterocycles. The zero-order chi connectivity index (χ0) is 19.1.